The van der Waals surface area contributed by atoms with Crippen molar-refractivity contribution in [2.75, 3.05) is 5.32 Å². The molecule has 0 fully saturated rings. The average molecular weight is 366 g/mol. The number of nitrogens with one attached hydrogen (secondary N) is 1. The van der Waals surface area contributed by atoms with Crippen molar-refractivity contribution < 1.29 is 18.0 Å². The Bertz CT molecular complexity index is 860. The number of carbonyl (C=O) groups is 1. The molecule has 1 aliphatic carbocycles. The molecule has 0 radical (unpaired) electrons. The topological polar surface area (TPSA) is 76.9 Å². The molecular formula is C17H17F3N4O2. The van der Waals surface area contributed by atoms with Crippen LogP contribution in [0.4, 0.5) is 18.9 Å². The highest BCUT2D eigenvalue weighted by atomic mass is 19.4. The Balaban J connectivity index is 1.70. The SMILES string of the molecule is O=C(Cn1nc2c(cc1=O)CCCCC2)Nc1ccc(C(F)(F)F)nc1. The molecule has 0 aromatic carbocycles. The number of anilines is 1. The van der Waals surface area contributed by atoms with Crippen molar-refractivity contribution in [1.82, 2.24) is 14.8 Å². The van der Waals surface area contributed by atoms with Crippen molar-refractivity contribution in [3.8, 4) is 0 Å². The fraction of sp³-hybridized carbons (Fsp3) is 0.412. The van der Waals surface area contributed by atoms with Gasteiger partial charge in [0.05, 0.1) is 17.6 Å². The molecule has 2 aromatic heterocycles. The first-order chi connectivity index (χ1) is 12.3. The molecule has 1 amide bonds. The van der Waals surface area contributed by atoms with Gasteiger partial charge in [-0.25, -0.2) is 9.67 Å². The molecule has 0 saturated carbocycles. The fourth-order valence-corrected chi connectivity index (χ4v) is 2.86. The smallest absolute Gasteiger partial charge is 0.323 e. The maximum Gasteiger partial charge on any atom is 0.433 e. The van der Waals surface area contributed by atoms with E-state index in [4.69, 9.17) is 0 Å². The zero-order valence-electron chi connectivity index (χ0n) is 13.8. The number of carbonyl (C=O) groups excluding carboxylic acids is 1. The van der Waals surface area contributed by atoms with Crippen molar-refractivity contribution >= 4 is 11.6 Å². The monoisotopic (exact) mass is 366 g/mol. The molecule has 0 aliphatic heterocycles. The van der Waals surface area contributed by atoms with E-state index in [0.29, 0.717) is 0 Å². The van der Waals surface area contributed by atoms with Crippen LogP contribution in [0.1, 0.15) is 36.2 Å². The number of aryl methyl sites for hydroxylation is 2. The summed E-state index contributed by atoms with van der Waals surface area (Å²) in [6.07, 6.45) is 1.03. The molecule has 2 aromatic rings. The second-order valence-electron chi connectivity index (χ2n) is 6.15. The molecule has 26 heavy (non-hydrogen) atoms. The van der Waals surface area contributed by atoms with Crippen LogP contribution in [0.2, 0.25) is 0 Å². The minimum Gasteiger partial charge on any atom is -0.323 e. The second-order valence-corrected chi connectivity index (χ2v) is 6.15. The van der Waals surface area contributed by atoms with Crippen LogP contribution < -0.4 is 10.9 Å². The number of rotatable bonds is 3. The molecule has 0 unspecified atom stereocenters. The quantitative estimate of drug-likeness (QED) is 0.847. The summed E-state index contributed by atoms with van der Waals surface area (Å²) in [5, 5.41) is 6.70. The highest BCUT2D eigenvalue weighted by Gasteiger charge is 2.32. The summed E-state index contributed by atoms with van der Waals surface area (Å²) < 4.78 is 38.5. The lowest BCUT2D eigenvalue weighted by molar-refractivity contribution is -0.141. The lowest BCUT2D eigenvalue weighted by Gasteiger charge is -2.10. The third kappa shape index (κ3) is 4.27. The summed E-state index contributed by atoms with van der Waals surface area (Å²) in [5.41, 5.74) is 0.457. The predicted molar refractivity (Wildman–Crippen MR) is 87.6 cm³/mol. The molecule has 0 atom stereocenters. The number of nitrogens with zero attached hydrogens (tertiary/aromatic N) is 3. The van der Waals surface area contributed by atoms with Gasteiger partial charge in [-0.2, -0.15) is 18.3 Å². The van der Waals surface area contributed by atoms with E-state index in [-0.39, 0.29) is 17.8 Å². The van der Waals surface area contributed by atoms with E-state index in [1.54, 1.807) is 0 Å². The fourth-order valence-electron chi connectivity index (χ4n) is 2.86. The van der Waals surface area contributed by atoms with Gasteiger partial charge in [0.15, 0.2) is 0 Å². The summed E-state index contributed by atoms with van der Waals surface area (Å²) in [6, 6.07) is 3.41. The molecular weight excluding hydrogens is 349 g/mol. The molecule has 0 saturated heterocycles. The molecule has 0 spiro atoms. The number of alkyl halides is 3. The van der Waals surface area contributed by atoms with Gasteiger partial charge in [0.25, 0.3) is 5.56 Å². The van der Waals surface area contributed by atoms with Crippen LogP contribution >= 0.6 is 0 Å². The lowest BCUT2D eigenvalue weighted by atomic mass is 10.1. The maximum atomic E-state index is 12.5. The van der Waals surface area contributed by atoms with E-state index in [0.717, 1.165) is 66.4 Å². The summed E-state index contributed by atoms with van der Waals surface area (Å²) in [5.74, 6) is -0.560. The molecule has 2 heterocycles. The Morgan fingerprint density at radius 1 is 1.19 bits per heavy atom. The van der Waals surface area contributed by atoms with Gasteiger partial charge in [0.2, 0.25) is 5.91 Å². The van der Waals surface area contributed by atoms with Crippen LogP contribution in [0, 0.1) is 0 Å². The first-order valence-corrected chi connectivity index (χ1v) is 8.26. The van der Waals surface area contributed by atoms with Crippen LogP contribution in [-0.4, -0.2) is 20.7 Å². The standard InChI is InChI=1S/C17H17F3N4O2/c18-17(19,20)14-7-6-12(9-21-14)22-15(25)10-24-16(26)8-11-4-2-1-3-5-13(11)23-24/h6-9H,1-5,10H2,(H,22,25). The highest BCUT2D eigenvalue weighted by Crippen LogP contribution is 2.27. The zero-order chi connectivity index (χ0) is 18.7. The largest absolute Gasteiger partial charge is 0.433 e. The Morgan fingerprint density at radius 3 is 2.65 bits per heavy atom. The third-order valence-corrected chi connectivity index (χ3v) is 4.15. The Labute approximate surface area is 147 Å². The van der Waals surface area contributed by atoms with Crippen LogP contribution in [0.5, 0.6) is 0 Å². The summed E-state index contributed by atoms with van der Waals surface area (Å²) in [4.78, 5) is 27.5. The summed E-state index contributed by atoms with van der Waals surface area (Å²) >= 11 is 0. The van der Waals surface area contributed by atoms with Crippen molar-refractivity contribution in [3.05, 3.63) is 51.7 Å². The second kappa shape index (κ2) is 7.27. The average Bonchev–Trinajstić information content (AvgIpc) is 2.79. The zero-order valence-corrected chi connectivity index (χ0v) is 13.8. The van der Waals surface area contributed by atoms with Crippen LogP contribution in [-0.2, 0) is 30.4 Å². The molecule has 6 nitrogen and oxygen atoms in total. The molecule has 138 valence electrons. The van der Waals surface area contributed by atoms with Gasteiger partial charge in [-0.15, -0.1) is 0 Å². The molecule has 3 rings (SSSR count). The van der Waals surface area contributed by atoms with Crippen LogP contribution in [0.3, 0.4) is 0 Å². The van der Waals surface area contributed by atoms with Gasteiger partial charge in [0, 0.05) is 6.07 Å². The van der Waals surface area contributed by atoms with Gasteiger partial charge < -0.3 is 5.32 Å². The van der Waals surface area contributed by atoms with Crippen molar-refractivity contribution in [1.29, 1.82) is 0 Å². The molecule has 9 heteroatoms. The minimum absolute atomic E-state index is 0.116. The van der Waals surface area contributed by atoms with Gasteiger partial charge in [-0.1, -0.05) is 6.42 Å². The van der Waals surface area contributed by atoms with Crippen molar-refractivity contribution in [2.45, 2.75) is 44.8 Å². The van der Waals surface area contributed by atoms with E-state index >= 15 is 0 Å². The normalized spacial score (nSPS) is 14.4. The Morgan fingerprint density at radius 2 is 1.96 bits per heavy atom. The van der Waals surface area contributed by atoms with Crippen molar-refractivity contribution in [2.24, 2.45) is 0 Å². The number of hydrogen-bond acceptors (Lipinski definition) is 4. The van der Waals surface area contributed by atoms with E-state index in [9.17, 15) is 22.8 Å². The van der Waals surface area contributed by atoms with Crippen LogP contribution in [0.15, 0.2) is 29.2 Å². The first-order valence-electron chi connectivity index (χ1n) is 8.26. The summed E-state index contributed by atoms with van der Waals surface area (Å²) in [7, 11) is 0. The maximum absolute atomic E-state index is 12.5. The molecule has 1 N–H and O–H groups in total. The van der Waals surface area contributed by atoms with Gasteiger partial charge in [0.1, 0.15) is 12.2 Å². The number of aromatic nitrogens is 3. The van der Waals surface area contributed by atoms with E-state index < -0.39 is 17.8 Å². The molecule has 1 aliphatic rings. The Kier molecular flexibility index (Phi) is 5.06. The predicted octanol–water partition coefficient (Wildman–Crippen LogP) is 2.56. The number of pyridine rings is 1. The summed E-state index contributed by atoms with van der Waals surface area (Å²) in [6.45, 7) is -0.312. The lowest BCUT2D eigenvalue weighted by Crippen LogP contribution is -2.30. The number of halogens is 3. The van der Waals surface area contributed by atoms with Crippen molar-refractivity contribution in [3.63, 3.8) is 0 Å². The highest BCUT2D eigenvalue weighted by molar-refractivity contribution is 5.90. The van der Waals surface area contributed by atoms with Crippen LogP contribution in [0.25, 0.3) is 0 Å². The van der Waals surface area contributed by atoms with Gasteiger partial charge in [-0.05, 0) is 43.4 Å². The third-order valence-electron chi connectivity index (χ3n) is 4.15. The minimum atomic E-state index is -4.54. The number of hydrogen-bond donors (Lipinski definition) is 1. The molecule has 0 bridgehead atoms. The Hall–Kier alpha value is -2.71. The van der Waals surface area contributed by atoms with Gasteiger partial charge in [-0.3, -0.25) is 9.59 Å². The van der Waals surface area contributed by atoms with Gasteiger partial charge >= 0.3 is 6.18 Å². The number of fused-ring (bicyclic) bond motifs is 1. The van der Waals surface area contributed by atoms with E-state index in [1.165, 1.54) is 6.07 Å². The first kappa shape index (κ1) is 18.1. The van der Waals surface area contributed by atoms with E-state index in [2.05, 4.69) is 15.4 Å². The number of amides is 1. The van der Waals surface area contributed by atoms with E-state index in [1.807, 2.05) is 0 Å².